The van der Waals surface area contributed by atoms with Crippen LogP contribution in [0.25, 0.3) is 0 Å². The van der Waals surface area contributed by atoms with Crippen LogP contribution in [0.5, 0.6) is 0 Å². The van der Waals surface area contributed by atoms with Gasteiger partial charge in [-0.2, -0.15) is 0 Å². The molecule has 0 bridgehead atoms. The van der Waals surface area contributed by atoms with E-state index in [-0.39, 0.29) is 11.5 Å². The number of piperidine rings is 1. The van der Waals surface area contributed by atoms with Crippen molar-refractivity contribution >= 4 is 5.97 Å². The van der Waals surface area contributed by atoms with Crippen molar-refractivity contribution in [3.8, 4) is 0 Å². The smallest absolute Gasteiger partial charge is 0.307 e. The third-order valence-corrected chi connectivity index (χ3v) is 3.23. The zero-order valence-electron chi connectivity index (χ0n) is 10.7. The zero-order valence-corrected chi connectivity index (χ0v) is 10.7. The lowest BCUT2D eigenvalue weighted by molar-refractivity contribution is -0.143. The minimum Gasteiger partial charge on any atom is -0.469 e. The Hall–Kier alpha value is -0.610. The van der Waals surface area contributed by atoms with Crippen molar-refractivity contribution in [1.82, 2.24) is 10.2 Å². The Labute approximate surface area is 98.3 Å². The van der Waals surface area contributed by atoms with Crippen LogP contribution >= 0.6 is 0 Å². The van der Waals surface area contributed by atoms with Gasteiger partial charge in [-0.25, -0.2) is 0 Å². The quantitative estimate of drug-likeness (QED) is 0.713. The van der Waals surface area contributed by atoms with Crippen LogP contribution in [-0.4, -0.2) is 50.2 Å². The molecule has 1 aliphatic rings. The molecule has 0 aliphatic carbocycles. The van der Waals surface area contributed by atoms with Gasteiger partial charge in [-0.05, 0) is 39.4 Å². The molecule has 0 aromatic carbocycles. The topological polar surface area (TPSA) is 41.6 Å². The van der Waals surface area contributed by atoms with E-state index < -0.39 is 0 Å². The van der Waals surface area contributed by atoms with Gasteiger partial charge in [0, 0.05) is 12.1 Å². The number of methoxy groups -OCH3 is 1. The average Bonchev–Trinajstić information content (AvgIpc) is 2.26. The second-order valence-electron chi connectivity index (χ2n) is 4.80. The number of esters is 1. The molecule has 1 N–H and O–H groups in total. The van der Waals surface area contributed by atoms with E-state index in [0.29, 0.717) is 6.42 Å². The zero-order chi connectivity index (χ0) is 12.0. The molecule has 1 aliphatic heterocycles. The predicted molar refractivity (Wildman–Crippen MR) is 64.4 cm³/mol. The molecule has 1 saturated heterocycles. The molecule has 4 heteroatoms. The molecule has 4 nitrogen and oxygen atoms in total. The Morgan fingerprint density at radius 1 is 1.56 bits per heavy atom. The monoisotopic (exact) mass is 228 g/mol. The maximum absolute atomic E-state index is 11.5. The number of nitrogens with zero attached hydrogens (tertiary/aromatic N) is 1. The lowest BCUT2D eigenvalue weighted by Crippen LogP contribution is -2.57. The lowest BCUT2D eigenvalue weighted by atomic mass is 9.86. The number of likely N-dealkylation sites (tertiary alicyclic amines) is 1. The van der Waals surface area contributed by atoms with Gasteiger partial charge in [0.1, 0.15) is 0 Å². The van der Waals surface area contributed by atoms with Gasteiger partial charge in [-0.3, -0.25) is 4.79 Å². The van der Waals surface area contributed by atoms with Crippen molar-refractivity contribution in [1.29, 1.82) is 0 Å². The first-order valence-corrected chi connectivity index (χ1v) is 6.12. The summed E-state index contributed by atoms with van der Waals surface area (Å²) < 4.78 is 4.80. The lowest BCUT2D eigenvalue weighted by Gasteiger charge is -2.41. The Morgan fingerprint density at radius 3 is 2.88 bits per heavy atom. The number of nitrogens with one attached hydrogen (secondary N) is 1. The summed E-state index contributed by atoms with van der Waals surface area (Å²) in [5, 5.41) is 3.54. The van der Waals surface area contributed by atoms with Crippen LogP contribution in [-0.2, 0) is 9.53 Å². The minimum atomic E-state index is -0.112. The highest BCUT2D eigenvalue weighted by Crippen LogP contribution is 2.24. The Balaban J connectivity index is 2.62. The molecule has 0 amide bonds. The van der Waals surface area contributed by atoms with Crippen LogP contribution in [0.2, 0.25) is 0 Å². The first kappa shape index (κ1) is 13.5. The molecule has 1 heterocycles. The molecule has 1 rings (SSSR count). The van der Waals surface area contributed by atoms with Gasteiger partial charge < -0.3 is 15.0 Å². The van der Waals surface area contributed by atoms with Gasteiger partial charge in [0.25, 0.3) is 0 Å². The molecule has 0 spiro atoms. The largest absolute Gasteiger partial charge is 0.469 e. The normalized spacial score (nSPS) is 26.7. The van der Waals surface area contributed by atoms with Crippen LogP contribution in [0.15, 0.2) is 0 Å². The van der Waals surface area contributed by atoms with Crippen molar-refractivity contribution in [3.63, 3.8) is 0 Å². The number of hydrogen-bond donors (Lipinski definition) is 1. The highest BCUT2D eigenvalue weighted by molar-refractivity contribution is 5.70. The number of hydrogen-bond acceptors (Lipinski definition) is 4. The van der Waals surface area contributed by atoms with E-state index in [4.69, 9.17) is 4.74 Å². The number of ether oxygens (including phenoxy) is 1. The maximum Gasteiger partial charge on any atom is 0.307 e. The first-order valence-electron chi connectivity index (χ1n) is 6.12. The summed E-state index contributed by atoms with van der Waals surface area (Å²) in [5.41, 5.74) is -0.0733. The summed E-state index contributed by atoms with van der Waals surface area (Å²) in [7, 11) is 3.57. The van der Waals surface area contributed by atoms with Crippen LogP contribution in [0.1, 0.15) is 32.6 Å². The van der Waals surface area contributed by atoms with Crippen LogP contribution in [0, 0.1) is 0 Å². The number of carbonyl (C=O) groups is 1. The summed E-state index contributed by atoms with van der Waals surface area (Å²) in [6.45, 7) is 5.16. The summed E-state index contributed by atoms with van der Waals surface area (Å²) in [4.78, 5) is 13.8. The molecular weight excluding hydrogens is 204 g/mol. The van der Waals surface area contributed by atoms with Gasteiger partial charge in [0.05, 0.1) is 13.5 Å². The number of carbonyl (C=O) groups excluding carboxylic acids is 1. The van der Waals surface area contributed by atoms with E-state index >= 15 is 0 Å². The van der Waals surface area contributed by atoms with Gasteiger partial charge in [0.2, 0.25) is 0 Å². The molecule has 1 fully saturated rings. The third-order valence-electron chi connectivity index (χ3n) is 3.23. The molecular formula is C12H24N2O2. The van der Waals surface area contributed by atoms with Crippen molar-refractivity contribution in [2.24, 2.45) is 0 Å². The molecule has 0 aromatic heterocycles. The highest BCUT2D eigenvalue weighted by atomic mass is 16.5. The standard InChI is InChI=1S/C12H24N2O2/c1-4-7-13-12(9-11(15)16-3)6-5-8-14(2)10-12/h13H,4-10H2,1-3H3. The van der Waals surface area contributed by atoms with Crippen molar-refractivity contribution < 1.29 is 9.53 Å². The SMILES string of the molecule is CCCNC1(CC(=O)OC)CCCN(C)C1. The second-order valence-corrected chi connectivity index (χ2v) is 4.80. The van der Waals surface area contributed by atoms with Crippen molar-refractivity contribution in [3.05, 3.63) is 0 Å². The van der Waals surface area contributed by atoms with E-state index in [1.807, 2.05) is 0 Å². The van der Waals surface area contributed by atoms with Crippen molar-refractivity contribution in [2.45, 2.75) is 38.1 Å². The second kappa shape index (κ2) is 6.21. The molecule has 0 aromatic rings. The summed E-state index contributed by atoms with van der Waals surface area (Å²) in [5.74, 6) is -0.112. The molecule has 0 saturated carbocycles. The molecule has 1 unspecified atom stereocenters. The molecule has 0 radical (unpaired) electrons. The Bertz CT molecular complexity index is 233. The predicted octanol–water partition coefficient (Wildman–Crippen LogP) is 1.01. The van der Waals surface area contributed by atoms with Crippen LogP contribution < -0.4 is 5.32 Å². The third kappa shape index (κ3) is 3.76. The van der Waals surface area contributed by atoms with Gasteiger partial charge in [0.15, 0.2) is 0 Å². The Morgan fingerprint density at radius 2 is 2.31 bits per heavy atom. The van der Waals surface area contributed by atoms with Crippen LogP contribution in [0.3, 0.4) is 0 Å². The highest BCUT2D eigenvalue weighted by Gasteiger charge is 2.36. The van der Waals surface area contributed by atoms with E-state index in [1.165, 1.54) is 7.11 Å². The summed E-state index contributed by atoms with van der Waals surface area (Å²) >= 11 is 0. The Kier molecular flexibility index (Phi) is 5.22. The minimum absolute atomic E-state index is 0.0733. The fraction of sp³-hybridized carbons (Fsp3) is 0.917. The molecule has 16 heavy (non-hydrogen) atoms. The first-order chi connectivity index (χ1) is 7.62. The average molecular weight is 228 g/mol. The summed E-state index contributed by atoms with van der Waals surface area (Å²) in [6, 6.07) is 0. The summed E-state index contributed by atoms with van der Waals surface area (Å²) in [6.07, 6.45) is 3.77. The van der Waals surface area contributed by atoms with Gasteiger partial charge >= 0.3 is 5.97 Å². The van der Waals surface area contributed by atoms with E-state index in [0.717, 1.165) is 38.9 Å². The van der Waals surface area contributed by atoms with Gasteiger partial charge in [-0.1, -0.05) is 6.92 Å². The van der Waals surface area contributed by atoms with E-state index in [1.54, 1.807) is 0 Å². The maximum atomic E-state index is 11.5. The molecule has 94 valence electrons. The van der Waals surface area contributed by atoms with Gasteiger partial charge in [-0.15, -0.1) is 0 Å². The van der Waals surface area contributed by atoms with E-state index in [2.05, 4.69) is 24.2 Å². The van der Waals surface area contributed by atoms with Crippen LogP contribution in [0.4, 0.5) is 0 Å². The number of rotatable bonds is 5. The van der Waals surface area contributed by atoms with E-state index in [9.17, 15) is 4.79 Å². The fourth-order valence-electron chi connectivity index (χ4n) is 2.45. The molecule has 1 atom stereocenters. The number of likely N-dealkylation sites (N-methyl/N-ethyl adjacent to an activating group) is 1. The van der Waals surface area contributed by atoms with Crippen molar-refractivity contribution in [2.75, 3.05) is 33.8 Å². The fourth-order valence-corrected chi connectivity index (χ4v) is 2.45.